The Labute approximate surface area is 182 Å². The van der Waals surface area contributed by atoms with Gasteiger partial charge in [0.2, 0.25) is 0 Å². The van der Waals surface area contributed by atoms with Crippen molar-refractivity contribution in [1.29, 1.82) is 0 Å². The van der Waals surface area contributed by atoms with E-state index in [2.05, 4.69) is 37.1 Å². The van der Waals surface area contributed by atoms with Crippen LogP contribution in [0.25, 0.3) is 0 Å². The van der Waals surface area contributed by atoms with Crippen LogP contribution in [-0.2, 0) is 16.8 Å². The molecule has 2 heterocycles. The van der Waals surface area contributed by atoms with E-state index in [9.17, 15) is 9.59 Å². The zero-order chi connectivity index (χ0) is 21.9. The summed E-state index contributed by atoms with van der Waals surface area (Å²) in [5.74, 6) is 0.393. The Morgan fingerprint density at radius 2 is 2.13 bits per heavy atom. The van der Waals surface area contributed by atoms with E-state index in [1.165, 1.54) is 11.3 Å². The second kappa shape index (κ2) is 9.14. The van der Waals surface area contributed by atoms with Crippen molar-refractivity contribution in [3.63, 3.8) is 0 Å². The molecule has 1 aliphatic rings. The monoisotopic (exact) mass is 430 g/mol. The van der Waals surface area contributed by atoms with Gasteiger partial charge >= 0.3 is 0 Å². The fraction of sp³-hybridized carbons (Fsp3) is 0.500. The summed E-state index contributed by atoms with van der Waals surface area (Å²) in [6.07, 6.45) is 0.985. The van der Waals surface area contributed by atoms with Crippen molar-refractivity contribution >= 4 is 28.8 Å². The first-order chi connectivity index (χ1) is 14.2. The van der Waals surface area contributed by atoms with Crippen molar-refractivity contribution in [1.82, 2.24) is 15.2 Å². The molecule has 0 unspecified atom stereocenters. The van der Waals surface area contributed by atoms with E-state index in [1.807, 2.05) is 31.1 Å². The van der Waals surface area contributed by atoms with Gasteiger partial charge in [-0.05, 0) is 43.6 Å². The molecule has 3 rings (SSSR count). The summed E-state index contributed by atoms with van der Waals surface area (Å²) in [5.41, 5.74) is 2.31. The number of benzene rings is 1. The third kappa shape index (κ3) is 4.99. The summed E-state index contributed by atoms with van der Waals surface area (Å²) in [5, 5.41) is 5.32. The van der Waals surface area contributed by atoms with Crippen molar-refractivity contribution in [2.24, 2.45) is 0 Å². The quantitative estimate of drug-likeness (QED) is 0.697. The predicted octanol–water partition coefficient (Wildman–Crippen LogP) is 3.05. The number of likely N-dealkylation sites (N-methyl/N-ethyl adjacent to an activating group) is 1. The van der Waals surface area contributed by atoms with Gasteiger partial charge in [-0.2, -0.15) is 0 Å². The number of rotatable bonds is 8. The molecule has 0 aliphatic carbocycles. The number of fused-ring (bicyclic) bond motifs is 1. The number of aromatic nitrogens is 1. The minimum absolute atomic E-state index is 0.000191. The molecule has 7 nitrogen and oxygen atoms in total. The van der Waals surface area contributed by atoms with Crippen molar-refractivity contribution in [2.45, 2.75) is 39.2 Å². The lowest BCUT2D eigenvalue weighted by Gasteiger charge is -2.31. The highest BCUT2D eigenvalue weighted by Crippen LogP contribution is 2.38. The summed E-state index contributed by atoms with van der Waals surface area (Å²) in [4.78, 5) is 33.1. The largest absolute Gasteiger partial charge is 0.482 e. The van der Waals surface area contributed by atoms with Gasteiger partial charge in [0.15, 0.2) is 6.61 Å². The molecular weight excluding hydrogens is 400 g/mol. The van der Waals surface area contributed by atoms with E-state index in [0.717, 1.165) is 24.2 Å². The molecule has 2 amide bonds. The van der Waals surface area contributed by atoms with Gasteiger partial charge in [0.25, 0.3) is 11.8 Å². The molecule has 1 aromatic carbocycles. The molecule has 0 spiro atoms. The fourth-order valence-electron chi connectivity index (χ4n) is 3.11. The fourth-order valence-corrected chi connectivity index (χ4v) is 3.87. The number of hydrogen-bond acceptors (Lipinski definition) is 6. The van der Waals surface area contributed by atoms with Crippen molar-refractivity contribution in [3.05, 3.63) is 39.8 Å². The highest BCUT2D eigenvalue weighted by molar-refractivity contribution is 7.09. The molecule has 1 N–H and O–H groups in total. The number of anilines is 1. The van der Waals surface area contributed by atoms with Gasteiger partial charge < -0.3 is 15.0 Å². The lowest BCUT2D eigenvalue weighted by atomic mass is 9.82. The Hall–Kier alpha value is -2.45. The lowest BCUT2D eigenvalue weighted by Crippen LogP contribution is -2.38. The van der Waals surface area contributed by atoms with E-state index < -0.39 is 0 Å². The average molecular weight is 431 g/mol. The van der Waals surface area contributed by atoms with Crippen LogP contribution in [0.2, 0.25) is 0 Å². The van der Waals surface area contributed by atoms with Crippen LogP contribution in [0.15, 0.2) is 23.6 Å². The van der Waals surface area contributed by atoms with Crippen LogP contribution in [0.1, 0.15) is 48.3 Å². The van der Waals surface area contributed by atoms with Crippen LogP contribution < -0.4 is 15.0 Å². The van der Waals surface area contributed by atoms with Gasteiger partial charge in [0, 0.05) is 18.5 Å². The van der Waals surface area contributed by atoms with Crippen LogP contribution in [0.4, 0.5) is 5.69 Å². The Morgan fingerprint density at radius 1 is 1.37 bits per heavy atom. The molecule has 2 aromatic rings. The minimum Gasteiger partial charge on any atom is -0.482 e. The van der Waals surface area contributed by atoms with E-state index in [-0.39, 0.29) is 23.8 Å². The van der Waals surface area contributed by atoms with Gasteiger partial charge in [0.1, 0.15) is 16.5 Å². The lowest BCUT2D eigenvalue weighted by molar-refractivity contribution is -0.121. The first-order valence-corrected chi connectivity index (χ1v) is 11.0. The minimum atomic E-state index is -0.194. The molecule has 0 bridgehead atoms. The van der Waals surface area contributed by atoms with Gasteiger partial charge in [-0.1, -0.05) is 26.8 Å². The Morgan fingerprint density at radius 3 is 2.83 bits per heavy atom. The summed E-state index contributed by atoms with van der Waals surface area (Å²) >= 11 is 1.39. The molecule has 8 heteroatoms. The molecular formula is C22H30N4O3S. The summed E-state index contributed by atoms with van der Waals surface area (Å²) in [6.45, 7) is 8.18. The zero-order valence-electron chi connectivity index (χ0n) is 18.3. The number of nitrogens with one attached hydrogen (secondary N) is 1. The van der Waals surface area contributed by atoms with Gasteiger partial charge in [-0.25, -0.2) is 4.98 Å². The summed E-state index contributed by atoms with van der Waals surface area (Å²) in [6, 6.07) is 6.04. The summed E-state index contributed by atoms with van der Waals surface area (Å²) in [7, 11) is 3.91. The third-order valence-corrected chi connectivity index (χ3v) is 6.32. The topological polar surface area (TPSA) is 74.8 Å². The number of carbonyl (C=O) groups is 2. The van der Waals surface area contributed by atoms with Crippen LogP contribution >= 0.6 is 11.3 Å². The maximum absolute atomic E-state index is 12.6. The number of carbonyl (C=O) groups excluding carboxylic acids is 2. The van der Waals surface area contributed by atoms with Crippen LogP contribution in [-0.4, -0.2) is 55.5 Å². The van der Waals surface area contributed by atoms with E-state index in [4.69, 9.17) is 4.74 Å². The van der Waals surface area contributed by atoms with Crippen molar-refractivity contribution in [3.8, 4) is 5.75 Å². The molecule has 1 aliphatic heterocycles. The molecule has 0 saturated heterocycles. The standard InChI is InChI=1S/C22H30N4O3S/c1-6-22(2,3)15-7-8-18-17(11-15)26(20(27)13-29-18)12-19-24-16(14-30-19)21(28)23-9-10-25(4)5/h7-8,11,14H,6,9-10,12-13H2,1-5H3,(H,23,28). The first-order valence-electron chi connectivity index (χ1n) is 10.2. The molecule has 30 heavy (non-hydrogen) atoms. The Balaban J connectivity index is 1.78. The first kappa shape index (κ1) is 22.2. The number of nitrogens with zero attached hydrogens (tertiary/aromatic N) is 3. The second-order valence-electron chi connectivity index (χ2n) is 8.37. The van der Waals surface area contributed by atoms with Crippen LogP contribution in [0.3, 0.4) is 0 Å². The van der Waals surface area contributed by atoms with Gasteiger partial charge in [-0.3, -0.25) is 14.5 Å². The molecule has 0 radical (unpaired) electrons. The van der Waals surface area contributed by atoms with E-state index >= 15 is 0 Å². The van der Waals surface area contributed by atoms with E-state index in [0.29, 0.717) is 29.5 Å². The second-order valence-corrected chi connectivity index (χ2v) is 9.32. The number of hydrogen-bond donors (Lipinski definition) is 1. The summed E-state index contributed by atoms with van der Waals surface area (Å²) < 4.78 is 5.64. The number of amides is 2. The van der Waals surface area contributed by atoms with Crippen LogP contribution in [0, 0.1) is 0 Å². The molecule has 0 saturated carbocycles. The SMILES string of the molecule is CCC(C)(C)c1ccc2c(c1)N(Cc1nc(C(=O)NCCN(C)C)cs1)C(=O)CO2. The van der Waals surface area contributed by atoms with Gasteiger partial charge in [0.05, 0.1) is 12.2 Å². The third-order valence-electron chi connectivity index (χ3n) is 5.49. The van der Waals surface area contributed by atoms with Gasteiger partial charge in [-0.15, -0.1) is 11.3 Å². The molecule has 0 fully saturated rings. The highest BCUT2D eigenvalue weighted by Gasteiger charge is 2.29. The zero-order valence-corrected chi connectivity index (χ0v) is 19.1. The smallest absolute Gasteiger partial charge is 0.270 e. The maximum atomic E-state index is 12.6. The van der Waals surface area contributed by atoms with Crippen molar-refractivity contribution in [2.75, 3.05) is 38.7 Å². The molecule has 0 atom stereocenters. The average Bonchev–Trinajstić information content (AvgIpc) is 3.18. The molecule has 162 valence electrons. The van der Waals surface area contributed by atoms with E-state index in [1.54, 1.807) is 10.3 Å². The number of thiazole rings is 1. The normalized spacial score (nSPS) is 13.9. The highest BCUT2D eigenvalue weighted by atomic mass is 32.1. The Kier molecular flexibility index (Phi) is 6.77. The molecule has 1 aromatic heterocycles. The van der Waals surface area contributed by atoms with Crippen LogP contribution in [0.5, 0.6) is 5.75 Å². The van der Waals surface area contributed by atoms with Crippen molar-refractivity contribution < 1.29 is 14.3 Å². The maximum Gasteiger partial charge on any atom is 0.270 e. The number of ether oxygens (including phenoxy) is 1. The Bertz CT molecular complexity index is 923. The predicted molar refractivity (Wildman–Crippen MR) is 119 cm³/mol.